The van der Waals surface area contributed by atoms with Crippen molar-refractivity contribution in [2.75, 3.05) is 23.0 Å². The molecule has 3 heterocycles. The van der Waals surface area contributed by atoms with Gasteiger partial charge in [0.2, 0.25) is 29.2 Å². The maximum absolute atomic E-state index is 7.39. The Kier molecular flexibility index (Phi) is 1.33. The number of aromatic nitrogens is 5. The van der Waals surface area contributed by atoms with E-state index in [2.05, 4.69) is 30.6 Å². The lowest BCUT2D eigenvalue weighted by molar-refractivity contribution is 0.840. The lowest BCUT2D eigenvalue weighted by Crippen LogP contribution is -2.29. The second-order valence-corrected chi connectivity index (χ2v) is 2.94. The van der Waals surface area contributed by atoms with Gasteiger partial charge < -0.3 is 16.4 Å². The average molecular weight is 205 g/mol. The zero-order chi connectivity index (χ0) is 10.4. The molecule has 0 radical (unpaired) electrons. The molecule has 2 aromatic heterocycles. The normalized spacial score (nSPS) is 13.3. The van der Waals surface area contributed by atoms with Gasteiger partial charge in [0, 0.05) is 0 Å². The van der Waals surface area contributed by atoms with Crippen LogP contribution in [0.3, 0.4) is 0 Å². The first-order valence-electron chi connectivity index (χ1n) is 4.21. The second-order valence-electron chi connectivity index (χ2n) is 2.94. The molecule has 0 saturated carbocycles. The average Bonchev–Trinajstić information content (AvgIpc) is 2.16. The third-order valence-corrected chi connectivity index (χ3v) is 1.97. The molecule has 15 heavy (non-hydrogen) atoms. The number of nitrogen functional groups attached to an aromatic ring is 1. The van der Waals surface area contributed by atoms with Crippen molar-refractivity contribution < 1.29 is 0 Å². The Morgan fingerprint density at radius 1 is 1.13 bits per heavy atom. The minimum Gasteiger partial charge on any atom is -0.368 e. The van der Waals surface area contributed by atoms with E-state index in [9.17, 15) is 0 Å². The van der Waals surface area contributed by atoms with Crippen molar-refractivity contribution in [2.24, 2.45) is 0 Å². The first-order valence-corrected chi connectivity index (χ1v) is 4.21. The summed E-state index contributed by atoms with van der Waals surface area (Å²) >= 11 is 0. The molecule has 3 rings (SSSR count). The molecule has 1 aliphatic rings. The number of hydrogen-bond donors (Lipinski definition) is 4. The van der Waals surface area contributed by atoms with E-state index in [4.69, 9.17) is 11.1 Å². The van der Waals surface area contributed by atoms with Gasteiger partial charge in [-0.25, -0.2) is 4.40 Å². The SMILES string of the molecule is N=c1nc2n3c(nc(N)nc3n1)NCN2. The fourth-order valence-electron chi connectivity index (χ4n) is 1.41. The topological polar surface area (TPSA) is 130 Å². The Morgan fingerprint density at radius 2 is 1.87 bits per heavy atom. The van der Waals surface area contributed by atoms with Crippen LogP contribution in [0.15, 0.2) is 0 Å². The van der Waals surface area contributed by atoms with Gasteiger partial charge in [0.25, 0.3) is 0 Å². The fraction of sp³-hybridized carbons (Fsp3) is 0.167. The van der Waals surface area contributed by atoms with Crippen LogP contribution >= 0.6 is 0 Å². The van der Waals surface area contributed by atoms with Gasteiger partial charge >= 0.3 is 0 Å². The molecule has 9 nitrogen and oxygen atoms in total. The van der Waals surface area contributed by atoms with Crippen molar-refractivity contribution in [1.29, 1.82) is 5.41 Å². The van der Waals surface area contributed by atoms with Gasteiger partial charge in [0.1, 0.15) is 0 Å². The summed E-state index contributed by atoms with van der Waals surface area (Å²) in [6, 6.07) is 0. The highest BCUT2D eigenvalue weighted by Gasteiger charge is 2.14. The lowest BCUT2D eigenvalue weighted by atomic mass is 10.6. The largest absolute Gasteiger partial charge is 0.368 e. The van der Waals surface area contributed by atoms with E-state index in [-0.39, 0.29) is 11.6 Å². The Balaban J connectivity index is 2.53. The Bertz CT molecular complexity index is 599. The van der Waals surface area contributed by atoms with Crippen molar-refractivity contribution >= 4 is 23.6 Å². The van der Waals surface area contributed by atoms with Gasteiger partial charge in [-0.05, 0) is 0 Å². The molecule has 0 saturated heterocycles. The Hall–Kier alpha value is -2.45. The van der Waals surface area contributed by atoms with Crippen LogP contribution in [0.2, 0.25) is 0 Å². The first-order chi connectivity index (χ1) is 7.24. The van der Waals surface area contributed by atoms with Crippen molar-refractivity contribution in [2.45, 2.75) is 0 Å². The highest BCUT2D eigenvalue weighted by Crippen LogP contribution is 2.15. The molecule has 0 bridgehead atoms. The highest BCUT2D eigenvalue weighted by molar-refractivity contribution is 5.52. The van der Waals surface area contributed by atoms with Gasteiger partial charge in [-0.1, -0.05) is 0 Å². The van der Waals surface area contributed by atoms with Crippen LogP contribution in [0.5, 0.6) is 0 Å². The quantitative estimate of drug-likeness (QED) is 0.406. The molecule has 0 aliphatic carbocycles. The van der Waals surface area contributed by atoms with E-state index in [1.807, 2.05) is 0 Å². The third-order valence-electron chi connectivity index (χ3n) is 1.97. The smallest absolute Gasteiger partial charge is 0.248 e. The predicted molar refractivity (Wildman–Crippen MR) is 51.0 cm³/mol. The third kappa shape index (κ3) is 1.06. The molecule has 0 aromatic carbocycles. The van der Waals surface area contributed by atoms with Crippen LogP contribution < -0.4 is 22.0 Å². The molecule has 76 valence electrons. The molecular weight excluding hydrogens is 198 g/mol. The summed E-state index contributed by atoms with van der Waals surface area (Å²) in [7, 11) is 0. The van der Waals surface area contributed by atoms with Crippen molar-refractivity contribution in [1.82, 2.24) is 24.3 Å². The standard InChI is InChI=1S/C6H7N9/c7-2-11-4-9-1-10-5-12-3(8)14-6(13-2)15(4)5/h1H2,(H5,7,8,9,10,11,12,13,14). The van der Waals surface area contributed by atoms with Gasteiger partial charge in [-0.15, -0.1) is 0 Å². The second kappa shape index (κ2) is 2.53. The van der Waals surface area contributed by atoms with Crippen molar-refractivity contribution in [3.8, 4) is 0 Å². The van der Waals surface area contributed by atoms with E-state index in [0.717, 1.165) is 0 Å². The predicted octanol–water partition coefficient (Wildman–Crippen LogP) is -1.62. The van der Waals surface area contributed by atoms with Crippen LogP contribution in [0.1, 0.15) is 0 Å². The Morgan fingerprint density at radius 3 is 2.67 bits per heavy atom. The summed E-state index contributed by atoms with van der Waals surface area (Å²) in [5.41, 5.74) is 5.40. The van der Waals surface area contributed by atoms with Gasteiger partial charge in [0.05, 0.1) is 6.67 Å². The molecule has 0 unspecified atom stereocenters. The molecule has 0 spiro atoms. The molecule has 0 amide bonds. The molecule has 0 atom stereocenters. The summed E-state index contributed by atoms with van der Waals surface area (Å²) < 4.78 is 1.57. The van der Waals surface area contributed by atoms with Crippen molar-refractivity contribution in [3.63, 3.8) is 0 Å². The minimum absolute atomic E-state index is 0.108. The van der Waals surface area contributed by atoms with Crippen LogP contribution in [-0.4, -0.2) is 31.0 Å². The van der Waals surface area contributed by atoms with E-state index < -0.39 is 0 Å². The van der Waals surface area contributed by atoms with Crippen LogP contribution in [0, 0.1) is 5.41 Å². The minimum atomic E-state index is -0.108. The summed E-state index contributed by atoms with van der Waals surface area (Å²) in [4.78, 5) is 15.7. The van der Waals surface area contributed by atoms with E-state index in [0.29, 0.717) is 24.3 Å². The number of nitrogens with one attached hydrogen (secondary N) is 3. The zero-order valence-electron chi connectivity index (χ0n) is 7.52. The lowest BCUT2D eigenvalue weighted by Gasteiger charge is -2.18. The van der Waals surface area contributed by atoms with Crippen LogP contribution in [0.4, 0.5) is 17.8 Å². The molecule has 0 fully saturated rings. The van der Waals surface area contributed by atoms with Crippen LogP contribution in [-0.2, 0) is 0 Å². The molecule has 5 N–H and O–H groups in total. The fourth-order valence-corrected chi connectivity index (χ4v) is 1.41. The number of hydrogen-bond acceptors (Lipinski definition) is 8. The van der Waals surface area contributed by atoms with Crippen LogP contribution in [0.25, 0.3) is 5.78 Å². The van der Waals surface area contributed by atoms with E-state index in [1.54, 1.807) is 4.40 Å². The van der Waals surface area contributed by atoms with E-state index >= 15 is 0 Å². The monoisotopic (exact) mass is 205 g/mol. The summed E-state index contributed by atoms with van der Waals surface area (Å²) in [5, 5.41) is 13.3. The molecule has 2 aromatic rings. The number of rotatable bonds is 0. The number of nitrogens with zero attached hydrogens (tertiary/aromatic N) is 5. The van der Waals surface area contributed by atoms with Crippen molar-refractivity contribution in [3.05, 3.63) is 5.62 Å². The van der Waals surface area contributed by atoms with Gasteiger partial charge in [-0.3, -0.25) is 5.41 Å². The van der Waals surface area contributed by atoms with Gasteiger partial charge in [0.15, 0.2) is 0 Å². The maximum Gasteiger partial charge on any atom is 0.248 e. The number of anilines is 3. The first kappa shape index (κ1) is 7.91. The maximum atomic E-state index is 7.39. The summed E-state index contributed by atoms with van der Waals surface area (Å²) in [5.74, 6) is 1.42. The Labute approximate surface area is 82.9 Å². The number of nitrogens with two attached hydrogens (primary N) is 1. The van der Waals surface area contributed by atoms with E-state index in [1.165, 1.54) is 0 Å². The summed E-state index contributed by atoms with van der Waals surface area (Å²) in [6.45, 7) is 0.474. The van der Waals surface area contributed by atoms with Gasteiger partial charge in [-0.2, -0.15) is 19.9 Å². The summed E-state index contributed by atoms with van der Waals surface area (Å²) in [6.07, 6.45) is 0. The zero-order valence-corrected chi connectivity index (χ0v) is 7.52. The highest BCUT2D eigenvalue weighted by atomic mass is 15.4. The molecular formula is C6H7N9. The molecule has 1 aliphatic heterocycles. The molecule has 9 heteroatoms.